The van der Waals surface area contributed by atoms with Gasteiger partial charge in [-0.05, 0) is 26.0 Å². The predicted octanol–water partition coefficient (Wildman–Crippen LogP) is 2.91. The third-order valence-corrected chi connectivity index (χ3v) is 3.02. The number of rotatable bonds is 2. The molecule has 14 heavy (non-hydrogen) atoms. The Balaban J connectivity index is 2.38. The molecule has 0 radical (unpaired) electrons. The van der Waals surface area contributed by atoms with Crippen molar-refractivity contribution in [1.29, 1.82) is 0 Å². The summed E-state index contributed by atoms with van der Waals surface area (Å²) in [7, 11) is 0. The van der Waals surface area contributed by atoms with Gasteiger partial charge in [0.1, 0.15) is 0 Å². The molecule has 2 aromatic heterocycles. The fourth-order valence-corrected chi connectivity index (χ4v) is 1.99. The predicted molar refractivity (Wildman–Crippen MR) is 54.6 cm³/mol. The van der Waals surface area contributed by atoms with Crippen molar-refractivity contribution >= 4 is 17.1 Å². The van der Waals surface area contributed by atoms with Gasteiger partial charge in [0.2, 0.25) is 0 Å². The smallest absolute Gasteiger partial charge is 0.177 e. The van der Waals surface area contributed by atoms with Crippen molar-refractivity contribution in [2.75, 3.05) is 0 Å². The Bertz CT molecular complexity index is 470. The standard InChI is InChI=1S/C10H9NO2S/c1-6-5-8(13-11-6)10-4-3-9(14-10)7(2)12/h3-5H,1-2H3. The van der Waals surface area contributed by atoms with E-state index in [4.69, 9.17) is 4.52 Å². The average Bonchev–Trinajstić information content (AvgIpc) is 2.70. The second kappa shape index (κ2) is 3.38. The summed E-state index contributed by atoms with van der Waals surface area (Å²) in [6.07, 6.45) is 0. The van der Waals surface area contributed by atoms with Gasteiger partial charge in [-0.2, -0.15) is 0 Å². The van der Waals surface area contributed by atoms with Gasteiger partial charge in [0.05, 0.1) is 15.4 Å². The number of hydrogen-bond donors (Lipinski definition) is 0. The maximum atomic E-state index is 11.1. The van der Waals surface area contributed by atoms with Crippen LogP contribution in [-0.2, 0) is 0 Å². The SMILES string of the molecule is CC(=O)c1ccc(-c2cc(C)no2)s1. The van der Waals surface area contributed by atoms with Gasteiger partial charge in [0.25, 0.3) is 0 Å². The zero-order valence-corrected chi connectivity index (χ0v) is 8.72. The van der Waals surface area contributed by atoms with Gasteiger partial charge < -0.3 is 4.52 Å². The zero-order chi connectivity index (χ0) is 10.1. The molecule has 0 bridgehead atoms. The average molecular weight is 207 g/mol. The molecule has 0 aliphatic carbocycles. The lowest BCUT2D eigenvalue weighted by atomic mass is 10.3. The molecule has 72 valence electrons. The number of Topliss-reactive ketones (excluding diaryl/α,β-unsaturated/α-hetero) is 1. The molecule has 0 N–H and O–H groups in total. The molecule has 0 amide bonds. The van der Waals surface area contributed by atoms with E-state index in [1.165, 1.54) is 11.3 Å². The molecule has 0 saturated carbocycles. The second-order valence-corrected chi connectivity index (χ2v) is 4.14. The summed E-state index contributed by atoms with van der Waals surface area (Å²) in [5, 5.41) is 3.79. The normalized spacial score (nSPS) is 10.4. The molecule has 3 nitrogen and oxygen atoms in total. The lowest BCUT2D eigenvalue weighted by molar-refractivity contribution is 0.102. The number of aryl methyl sites for hydroxylation is 1. The first-order valence-corrected chi connectivity index (χ1v) is 5.03. The number of carbonyl (C=O) groups excluding carboxylic acids is 1. The number of thiophene rings is 1. The van der Waals surface area contributed by atoms with Crippen LogP contribution >= 0.6 is 11.3 Å². The molecule has 4 heteroatoms. The molecular weight excluding hydrogens is 198 g/mol. The van der Waals surface area contributed by atoms with Crippen LogP contribution in [0.4, 0.5) is 0 Å². The number of carbonyl (C=O) groups is 1. The van der Waals surface area contributed by atoms with Gasteiger partial charge in [-0.1, -0.05) is 5.16 Å². The van der Waals surface area contributed by atoms with E-state index in [1.807, 2.05) is 19.1 Å². The lowest BCUT2D eigenvalue weighted by Crippen LogP contribution is -1.83. The van der Waals surface area contributed by atoms with Crippen molar-refractivity contribution < 1.29 is 9.32 Å². The first-order chi connectivity index (χ1) is 6.66. The highest BCUT2D eigenvalue weighted by Gasteiger charge is 2.09. The number of hydrogen-bond acceptors (Lipinski definition) is 4. The van der Waals surface area contributed by atoms with Gasteiger partial charge in [0.15, 0.2) is 11.5 Å². The highest BCUT2D eigenvalue weighted by Crippen LogP contribution is 2.28. The molecule has 2 rings (SSSR count). The van der Waals surface area contributed by atoms with E-state index in [2.05, 4.69) is 5.16 Å². The van der Waals surface area contributed by atoms with Crippen LogP contribution in [0.25, 0.3) is 10.6 Å². The van der Waals surface area contributed by atoms with E-state index in [0.29, 0.717) is 0 Å². The van der Waals surface area contributed by atoms with Crippen molar-refractivity contribution in [3.8, 4) is 10.6 Å². The second-order valence-electron chi connectivity index (χ2n) is 3.05. The van der Waals surface area contributed by atoms with Gasteiger partial charge in [0, 0.05) is 6.07 Å². The summed E-state index contributed by atoms with van der Waals surface area (Å²) in [6, 6.07) is 5.54. The molecule has 0 fully saturated rings. The Morgan fingerprint density at radius 3 is 2.79 bits per heavy atom. The van der Waals surface area contributed by atoms with Crippen molar-refractivity contribution in [3.05, 3.63) is 28.8 Å². The molecular formula is C10H9NO2S. The highest BCUT2D eigenvalue weighted by molar-refractivity contribution is 7.17. The summed E-state index contributed by atoms with van der Waals surface area (Å²) in [5.41, 5.74) is 0.845. The summed E-state index contributed by atoms with van der Waals surface area (Å²) in [5.74, 6) is 0.803. The van der Waals surface area contributed by atoms with Gasteiger partial charge in [-0.25, -0.2) is 0 Å². The zero-order valence-electron chi connectivity index (χ0n) is 7.90. The molecule has 0 aliphatic heterocycles. The fourth-order valence-electron chi connectivity index (χ4n) is 1.14. The topological polar surface area (TPSA) is 43.1 Å². The molecule has 0 spiro atoms. The molecule has 0 aliphatic rings. The van der Waals surface area contributed by atoms with Crippen LogP contribution in [0.1, 0.15) is 22.3 Å². The summed E-state index contributed by atoms with van der Waals surface area (Å²) in [4.78, 5) is 12.7. The van der Waals surface area contributed by atoms with E-state index in [0.717, 1.165) is 21.2 Å². The van der Waals surface area contributed by atoms with E-state index < -0.39 is 0 Å². The first-order valence-electron chi connectivity index (χ1n) is 4.21. The Morgan fingerprint density at radius 1 is 1.50 bits per heavy atom. The van der Waals surface area contributed by atoms with Crippen LogP contribution in [0.3, 0.4) is 0 Å². The summed E-state index contributed by atoms with van der Waals surface area (Å²) in [6.45, 7) is 3.42. The molecule has 2 aromatic rings. The number of nitrogens with zero attached hydrogens (tertiary/aromatic N) is 1. The first kappa shape index (κ1) is 9.15. The minimum Gasteiger partial charge on any atom is -0.355 e. The monoisotopic (exact) mass is 207 g/mol. The highest BCUT2D eigenvalue weighted by atomic mass is 32.1. The molecule has 0 unspecified atom stereocenters. The summed E-state index contributed by atoms with van der Waals surface area (Å²) >= 11 is 1.42. The lowest BCUT2D eigenvalue weighted by Gasteiger charge is -1.85. The van der Waals surface area contributed by atoms with Crippen molar-refractivity contribution in [2.24, 2.45) is 0 Å². The largest absolute Gasteiger partial charge is 0.355 e. The van der Waals surface area contributed by atoms with Gasteiger partial charge >= 0.3 is 0 Å². The maximum Gasteiger partial charge on any atom is 0.177 e. The minimum absolute atomic E-state index is 0.0810. The Hall–Kier alpha value is -1.42. The Kier molecular flexibility index (Phi) is 2.21. The molecule has 2 heterocycles. The third-order valence-electron chi connectivity index (χ3n) is 1.82. The van der Waals surface area contributed by atoms with Crippen LogP contribution < -0.4 is 0 Å². The van der Waals surface area contributed by atoms with Gasteiger partial charge in [-0.3, -0.25) is 4.79 Å². The Labute approximate surface area is 85.4 Å². The van der Waals surface area contributed by atoms with Gasteiger partial charge in [-0.15, -0.1) is 11.3 Å². The van der Waals surface area contributed by atoms with Crippen LogP contribution in [0.2, 0.25) is 0 Å². The van der Waals surface area contributed by atoms with Crippen molar-refractivity contribution in [3.63, 3.8) is 0 Å². The van der Waals surface area contributed by atoms with Crippen molar-refractivity contribution in [1.82, 2.24) is 5.16 Å². The van der Waals surface area contributed by atoms with Crippen molar-refractivity contribution in [2.45, 2.75) is 13.8 Å². The van der Waals surface area contributed by atoms with E-state index in [1.54, 1.807) is 13.0 Å². The van der Waals surface area contributed by atoms with Crippen LogP contribution in [-0.4, -0.2) is 10.9 Å². The fraction of sp³-hybridized carbons (Fsp3) is 0.200. The maximum absolute atomic E-state index is 11.1. The third kappa shape index (κ3) is 1.61. The van der Waals surface area contributed by atoms with Crippen LogP contribution in [0, 0.1) is 6.92 Å². The molecule has 0 atom stereocenters. The van der Waals surface area contributed by atoms with E-state index >= 15 is 0 Å². The molecule has 0 saturated heterocycles. The Morgan fingerprint density at radius 2 is 2.29 bits per heavy atom. The van der Waals surface area contributed by atoms with Crippen LogP contribution in [0.15, 0.2) is 22.7 Å². The molecule has 0 aromatic carbocycles. The summed E-state index contributed by atoms with van der Waals surface area (Å²) < 4.78 is 5.09. The minimum atomic E-state index is 0.0810. The number of aromatic nitrogens is 1. The van der Waals surface area contributed by atoms with Crippen LogP contribution in [0.5, 0.6) is 0 Å². The number of ketones is 1. The van der Waals surface area contributed by atoms with E-state index in [-0.39, 0.29) is 5.78 Å². The van der Waals surface area contributed by atoms with E-state index in [9.17, 15) is 4.79 Å². The quantitative estimate of drug-likeness (QED) is 0.711.